The minimum Gasteiger partial charge on any atom is -0.379 e. The lowest BCUT2D eigenvalue weighted by atomic mass is 10.1. The summed E-state index contributed by atoms with van der Waals surface area (Å²) in [5.41, 5.74) is 1.99. The van der Waals surface area contributed by atoms with E-state index >= 15 is 0 Å². The van der Waals surface area contributed by atoms with Crippen LogP contribution in [-0.2, 0) is 10.1 Å². The molecular weight excluding hydrogens is 350 g/mol. The van der Waals surface area contributed by atoms with Gasteiger partial charge in [0.2, 0.25) is 0 Å². The Morgan fingerprint density at radius 2 is 1.77 bits per heavy atom. The molecule has 0 fully saturated rings. The number of para-hydroxylation sites is 1. The summed E-state index contributed by atoms with van der Waals surface area (Å²) in [4.78, 5) is 14.3. The fourth-order valence-corrected chi connectivity index (χ4v) is 4.55. The van der Waals surface area contributed by atoms with Gasteiger partial charge < -0.3 is 9.08 Å². The van der Waals surface area contributed by atoms with E-state index in [1.54, 1.807) is 54.3 Å². The summed E-state index contributed by atoms with van der Waals surface area (Å²) in [6.45, 7) is 4.20. The van der Waals surface area contributed by atoms with Crippen LogP contribution in [0.25, 0.3) is 10.8 Å². The van der Waals surface area contributed by atoms with Gasteiger partial charge >= 0.3 is 10.1 Å². The molecule has 0 bridgehead atoms. The highest BCUT2D eigenvalue weighted by atomic mass is 32.2. The summed E-state index contributed by atoms with van der Waals surface area (Å²) < 4.78 is 31.2. The smallest absolute Gasteiger partial charge is 0.339 e. The van der Waals surface area contributed by atoms with Crippen LogP contribution < -0.4 is 9.08 Å². The molecule has 0 unspecified atom stereocenters. The lowest BCUT2D eigenvalue weighted by molar-refractivity contribution is 0.0994. The maximum absolute atomic E-state index is 12.9. The number of hydrogen-bond acceptors (Lipinski definition) is 4. The minimum atomic E-state index is -4.04. The minimum absolute atomic E-state index is 0.0621. The van der Waals surface area contributed by atoms with Crippen molar-refractivity contribution in [1.82, 2.24) is 0 Å². The summed E-state index contributed by atoms with van der Waals surface area (Å²) in [6.07, 6.45) is 0. The number of carbonyl (C=O) groups excluding carboxylic acids is 1. The van der Waals surface area contributed by atoms with Crippen molar-refractivity contribution in [3.05, 3.63) is 65.7 Å². The predicted octanol–water partition coefficient (Wildman–Crippen LogP) is 3.90. The van der Waals surface area contributed by atoms with Crippen molar-refractivity contribution in [3.8, 4) is 5.75 Å². The first-order valence-electron chi connectivity index (χ1n) is 8.31. The van der Waals surface area contributed by atoms with Gasteiger partial charge in [-0.1, -0.05) is 30.3 Å². The molecule has 0 saturated carbocycles. The van der Waals surface area contributed by atoms with Crippen molar-refractivity contribution in [2.24, 2.45) is 0 Å². The first-order valence-corrected chi connectivity index (χ1v) is 9.72. The number of anilines is 1. The van der Waals surface area contributed by atoms with Gasteiger partial charge in [0.15, 0.2) is 0 Å². The second-order valence-electron chi connectivity index (χ2n) is 6.16. The lowest BCUT2D eigenvalue weighted by Gasteiger charge is -2.15. The molecule has 0 radical (unpaired) electrons. The Balaban J connectivity index is 1.90. The Hall–Kier alpha value is -2.86. The van der Waals surface area contributed by atoms with Gasteiger partial charge in [0.05, 0.1) is 5.69 Å². The number of aryl methyl sites for hydroxylation is 1. The second-order valence-corrected chi connectivity index (χ2v) is 7.68. The third-order valence-electron chi connectivity index (χ3n) is 4.62. The van der Waals surface area contributed by atoms with E-state index in [0.717, 1.165) is 11.3 Å². The van der Waals surface area contributed by atoms with Crippen LogP contribution in [-0.4, -0.2) is 20.9 Å². The van der Waals surface area contributed by atoms with E-state index in [1.807, 2.05) is 13.0 Å². The zero-order valence-electron chi connectivity index (χ0n) is 14.4. The van der Waals surface area contributed by atoms with Gasteiger partial charge in [0.1, 0.15) is 10.6 Å². The SMILES string of the molecule is CCN1C(=O)c2cccc3c(S(=O)(=O)Oc4ccccc4C)ccc1c23. The highest BCUT2D eigenvalue weighted by molar-refractivity contribution is 7.87. The number of benzene rings is 3. The molecule has 3 aromatic rings. The topological polar surface area (TPSA) is 63.7 Å². The molecule has 0 spiro atoms. The van der Waals surface area contributed by atoms with E-state index in [-0.39, 0.29) is 10.8 Å². The molecular formula is C20H17NO4S. The molecule has 1 amide bonds. The predicted molar refractivity (Wildman–Crippen MR) is 100 cm³/mol. The monoisotopic (exact) mass is 367 g/mol. The average molecular weight is 367 g/mol. The Morgan fingerprint density at radius 1 is 1.00 bits per heavy atom. The number of hydrogen-bond donors (Lipinski definition) is 0. The second kappa shape index (κ2) is 5.85. The zero-order chi connectivity index (χ0) is 18.5. The number of nitrogens with zero attached hydrogens (tertiary/aromatic N) is 1. The largest absolute Gasteiger partial charge is 0.379 e. The van der Waals surface area contributed by atoms with Gasteiger partial charge in [0, 0.05) is 22.9 Å². The first kappa shape index (κ1) is 16.6. The Labute approximate surface area is 151 Å². The van der Waals surface area contributed by atoms with Crippen molar-refractivity contribution in [2.45, 2.75) is 18.7 Å². The van der Waals surface area contributed by atoms with Crippen molar-refractivity contribution >= 4 is 32.5 Å². The molecule has 1 aliphatic heterocycles. The molecule has 1 heterocycles. The molecule has 0 saturated heterocycles. The molecule has 3 aromatic carbocycles. The van der Waals surface area contributed by atoms with E-state index in [0.29, 0.717) is 28.6 Å². The number of rotatable bonds is 4. The first-order chi connectivity index (χ1) is 12.4. The molecule has 26 heavy (non-hydrogen) atoms. The van der Waals surface area contributed by atoms with Gasteiger partial charge in [-0.25, -0.2) is 0 Å². The standard InChI is InChI=1S/C20H17NO4S/c1-3-21-16-11-12-18(14-8-6-9-15(19(14)16)20(21)22)26(23,24)25-17-10-5-4-7-13(17)2/h4-12H,3H2,1-2H3. The summed E-state index contributed by atoms with van der Waals surface area (Å²) in [5, 5.41) is 1.16. The molecule has 0 atom stereocenters. The van der Waals surface area contributed by atoms with E-state index in [1.165, 1.54) is 6.07 Å². The van der Waals surface area contributed by atoms with Crippen LogP contribution in [0, 0.1) is 6.92 Å². The normalized spacial score (nSPS) is 13.5. The third kappa shape index (κ3) is 2.37. The van der Waals surface area contributed by atoms with E-state index in [2.05, 4.69) is 0 Å². The number of amides is 1. The third-order valence-corrected chi connectivity index (χ3v) is 5.92. The summed E-state index contributed by atoms with van der Waals surface area (Å²) in [6, 6.07) is 15.3. The van der Waals surface area contributed by atoms with Crippen LogP contribution in [0.1, 0.15) is 22.8 Å². The van der Waals surface area contributed by atoms with Crippen LogP contribution in [0.5, 0.6) is 5.75 Å². The maximum atomic E-state index is 12.9. The molecule has 1 aliphatic rings. The van der Waals surface area contributed by atoms with Crippen molar-refractivity contribution in [2.75, 3.05) is 11.4 Å². The van der Waals surface area contributed by atoms with Crippen molar-refractivity contribution in [3.63, 3.8) is 0 Å². The zero-order valence-corrected chi connectivity index (χ0v) is 15.2. The van der Waals surface area contributed by atoms with Crippen LogP contribution >= 0.6 is 0 Å². The maximum Gasteiger partial charge on any atom is 0.339 e. The molecule has 132 valence electrons. The Kier molecular flexibility index (Phi) is 3.73. The van der Waals surface area contributed by atoms with Gasteiger partial charge in [-0.05, 0) is 43.7 Å². The van der Waals surface area contributed by atoms with E-state index < -0.39 is 10.1 Å². The molecule has 6 heteroatoms. The fourth-order valence-electron chi connectivity index (χ4n) is 3.36. The molecule has 0 aliphatic carbocycles. The number of carbonyl (C=O) groups is 1. The molecule has 4 rings (SSSR count). The van der Waals surface area contributed by atoms with Gasteiger partial charge in [-0.2, -0.15) is 8.42 Å². The van der Waals surface area contributed by atoms with Crippen LogP contribution in [0.3, 0.4) is 0 Å². The summed E-state index contributed by atoms with van der Waals surface area (Å²) in [5.74, 6) is 0.185. The van der Waals surface area contributed by atoms with Crippen LogP contribution in [0.15, 0.2) is 59.5 Å². The van der Waals surface area contributed by atoms with Gasteiger partial charge in [-0.3, -0.25) is 4.79 Å². The fraction of sp³-hybridized carbons (Fsp3) is 0.150. The average Bonchev–Trinajstić information content (AvgIpc) is 2.90. The van der Waals surface area contributed by atoms with Gasteiger partial charge in [0.25, 0.3) is 5.91 Å². The quantitative estimate of drug-likeness (QED) is 0.656. The van der Waals surface area contributed by atoms with E-state index in [4.69, 9.17) is 4.18 Å². The van der Waals surface area contributed by atoms with Crippen molar-refractivity contribution < 1.29 is 17.4 Å². The van der Waals surface area contributed by atoms with Crippen LogP contribution in [0.4, 0.5) is 5.69 Å². The highest BCUT2D eigenvalue weighted by Crippen LogP contribution is 2.40. The Morgan fingerprint density at radius 3 is 2.50 bits per heavy atom. The molecule has 0 aromatic heterocycles. The molecule has 0 N–H and O–H groups in total. The Bertz CT molecular complexity index is 1150. The summed E-state index contributed by atoms with van der Waals surface area (Å²) in [7, 11) is -4.04. The summed E-state index contributed by atoms with van der Waals surface area (Å²) >= 11 is 0. The van der Waals surface area contributed by atoms with Crippen LogP contribution in [0.2, 0.25) is 0 Å². The molecule has 5 nitrogen and oxygen atoms in total. The van der Waals surface area contributed by atoms with Crippen molar-refractivity contribution in [1.29, 1.82) is 0 Å². The lowest BCUT2D eigenvalue weighted by Crippen LogP contribution is -2.25. The van der Waals surface area contributed by atoms with Gasteiger partial charge in [-0.15, -0.1) is 0 Å². The highest BCUT2D eigenvalue weighted by Gasteiger charge is 2.32. The van der Waals surface area contributed by atoms with E-state index in [9.17, 15) is 13.2 Å².